The third kappa shape index (κ3) is 4.90. The first kappa shape index (κ1) is 24.1. The van der Waals surface area contributed by atoms with Gasteiger partial charge in [-0.3, -0.25) is 40.5 Å². The topological polar surface area (TPSA) is 171 Å². The normalized spacial score (nSPS) is 10.6. The smallest absolute Gasteiger partial charge is 0.289 e. The standard InChI is InChI=1S/C23H15N5O7S/c1-13-2-4-14(5-3-13)20-21(15-6-8-16(9-7-15)26(30)31)36-23(24-20)25-22(29)18-11-10-17(27(32)33)12-19(18)28(34)35/h2-12H,1H3,(H,24,25,29). The van der Waals surface area contributed by atoms with E-state index in [9.17, 15) is 35.1 Å². The Balaban J connectivity index is 1.75. The maximum atomic E-state index is 12.9. The van der Waals surface area contributed by atoms with Crippen LogP contribution in [-0.2, 0) is 0 Å². The molecule has 3 aromatic carbocycles. The molecule has 0 atom stereocenters. The maximum Gasteiger partial charge on any atom is 0.289 e. The van der Waals surface area contributed by atoms with Crippen LogP contribution in [0.3, 0.4) is 0 Å². The van der Waals surface area contributed by atoms with Gasteiger partial charge in [-0.1, -0.05) is 41.2 Å². The summed E-state index contributed by atoms with van der Waals surface area (Å²) in [4.78, 5) is 49.3. The van der Waals surface area contributed by atoms with E-state index in [0.717, 1.165) is 40.7 Å². The van der Waals surface area contributed by atoms with Crippen LogP contribution in [0.5, 0.6) is 0 Å². The number of nitro groups is 3. The number of rotatable bonds is 7. The number of hydrogen-bond donors (Lipinski definition) is 1. The maximum absolute atomic E-state index is 12.9. The van der Waals surface area contributed by atoms with Crippen LogP contribution in [0.15, 0.2) is 66.7 Å². The lowest BCUT2D eigenvalue weighted by atomic mass is 10.1. The molecule has 0 saturated carbocycles. The molecule has 1 heterocycles. The van der Waals surface area contributed by atoms with Crippen molar-refractivity contribution < 1.29 is 19.6 Å². The Morgan fingerprint density at radius 3 is 1.97 bits per heavy atom. The summed E-state index contributed by atoms with van der Waals surface area (Å²) in [5.74, 6) is -0.865. The van der Waals surface area contributed by atoms with Crippen molar-refractivity contribution >= 4 is 39.4 Å². The monoisotopic (exact) mass is 505 g/mol. The molecule has 0 saturated heterocycles. The number of carbonyl (C=O) groups excluding carboxylic acids is 1. The van der Waals surface area contributed by atoms with Gasteiger partial charge in [0, 0.05) is 23.8 Å². The van der Waals surface area contributed by atoms with Crippen LogP contribution >= 0.6 is 11.3 Å². The molecule has 0 aliphatic heterocycles. The zero-order valence-electron chi connectivity index (χ0n) is 18.4. The molecule has 0 fully saturated rings. The number of carbonyl (C=O) groups is 1. The Labute approximate surface area is 206 Å². The fourth-order valence-electron chi connectivity index (χ4n) is 3.35. The van der Waals surface area contributed by atoms with Crippen LogP contribution in [-0.4, -0.2) is 25.7 Å². The van der Waals surface area contributed by atoms with Crippen molar-refractivity contribution in [3.8, 4) is 21.7 Å². The molecular weight excluding hydrogens is 490 g/mol. The van der Waals surface area contributed by atoms with Crippen molar-refractivity contribution in [3.05, 3.63) is 108 Å². The van der Waals surface area contributed by atoms with Crippen molar-refractivity contribution in [1.82, 2.24) is 4.98 Å². The number of amides is 1. The third-order valence-corrected chi connectivity index (χ3v) is 6.17. The van der Waals surface area contributed by atoms with Gasteiger partial charge in [-0.05, 0) is 30.7 Å². The number of anilines is 1. The summed E-state index contributed by atoms with van der Waals surface area (Å²) in [6.45, 7) is 1.92. The van der Waals surface area contributed by atoms with Crippen LogP contribution in [0.4, 0.5) is 22.2 Å². The summed E-state index contributed by atoms with van der Waals surface area (Å²) >= 11 is 1.08. The van der Waals surface area contributed by atoms with E-state index < -0.39 is 32.1 Å². The second-order valence-electron chi connectivity index (χ2n) is 7.54. The summed E-state index contributed by atoms with van der Waals surface area (Å²) in [6.07, 6.45) is 0. The van der Waals surface area contributed by atoms with E-state index in [1.165, 1.54) is 12.1 Å². The van der Waals surface area contributed by atoms with E-state index in [0.29, 0.717) is 16.1 Å². The van der Waals surface area contributed by atoms with Gasteiger partial charge < -0.3 is 0 Å². The van der Waals surface area contributed by atoms with E-state index in [-0.39, 0.29) is 16.4 Å². The molecule has 1 amide bonds. The fourth-order valence-corrected chi connectivity index (χ4v) is 4.34. The molecule has 0 aliphatic carbocycles. The molecule has 4 rings (SSSR count). The first-order valence-corrected chi connectivity index (χ1v) is 11.0. The van der Waals surface area contributed by atoms with Gasteiger partial charge in [0.2, 0.25) is 0 Å². The highest BCUT2D eigenvalue weighted by Crippen LogP contribution is 2.40. The summed E-state index contributed by atoms with van der Waals surface area (Å²) in [6, 6.07) is 16.0. The number of benzene rings is 3. The van der Waals surface area contributed by atoms with Crippen molar-refractivity contribution in [2.75, 3.05) is 5.32 Å². The number of nitro benzene ring substituents is 3. The number of hydrogen-bond acceptors (Lipinski definition) is 9. The molecule has 0 unspecified atom stereocenters. The third-order valence-electron chi connectivity index (χ3n) is 5.15. The van der Waals surface area contributed by atoms with E-state index in [2.05, 4.69) is 10.3 Å². The van der Waals surface area contributed by atoms with E-state index in [1.54, 1.807) is 12.1 Å². The molecule has 0 bridgehead atoms. The Hall–Kier alpha value is -5.04. The highest BCUT2D eigenvalue weighted by Gasteiger charge is 2.25. The van der Waals surface area contributed by atoms with E-state index in [1.807, 2.05) is 31.2 Å². The molecule has 0 radical (unpaired) electrons. The Kier molecular flexibility index (Phi) is 6.48. The molecule has 180 valence electrons. The molecular formula is C23H15N5O7S. The van der Waals surface area contributed by atoms with Gasteiger partial charge in [0.25, 0.3) is 23.0 Å². The second-order valence-corrected chi connectivity index (χ2v) is 8.54. The number of nitrogens with zero attached hydrogens (tertiary/aromatic N) is 4. The zero-order valence-corrected chi connectivity index (χ0v) is 19.2. The first-order valence-electron chi connectivity index (χ1n) is 10.2. The van der Waals surface area contributed by atoms with Gasteiger partial charge in [-0.2, -0.15) is 0 Å². The molecule has 36 heavy (non-hydrogen) atoms. The average molecular weight is 505 g/mol. The number of thiazole rings is 1. The van der Waals surface area contributed by atoms with Crippen molar-refractivity contribution in [3.63, 3.8) is 0 Å². The van der Waals surface area contributed by atoms with Crippen LogP contribution in [0.25, 0.3) is 21.7 Å². The van der Waals surface area contributed by atoms with Crippen LogP contribution in [0, 0.1) is 37.3 Å². The van der Waals surface area contributed by atoms with Gasteiger partial charge >= 0.3 is 0 Å². The summed E-state index contributed by atoms with van der Waals surface area (Å²) < 4.78 is 0. The van der Waals surface area contributed by atoms with Gasteiger partial charge in [-0.15, -0.1) is 0 Å². The highest BCUT2D eigenvalue weighted by molar-refractivity contribution is 7.19. The van der Waals surface area contributed by atoms with Gasteiger partial charge in [0.1, 0.15) is 5.56 Å². The van der Waals surface area contributed by atoms with Gasteiger partial charge in [0.05, 0.1) is 31.4 Å². The number of aromatic nitrogens is 1. The summed E-state index contributed by atoms with van der Waals surface area (Å²) in [7, 11) is 0. The minimum Gasteiger partial charge on any atom is -0.298 e. The number of nitrogens with one attached hydrogen (secondary N) is 1. The highest BCUT2D eigenvalue weighted by atomic mass is 32.1. The number of aryl methyl sites for hydroxylation is 1. The minimum atomic E-state index is -0.871. The molecule has 0 spiro atoms. The Morgan fingerprint density at radius 2 is 1.39 bits per heavy atom. The van der Waals surface area contributed by atoms with Crippen molar-refractivity contribution in [1.29, 1.82) is 0 Å². The van der Waals surface area contributed by atoms with Crippen LogP contribution in [0.2, 0.25) is 0 Å². The minimum absolute atomic E-state index is 0.0841. The molecule has 1 aromatic heterocycles. The predicted molar refractivity (Wildman–Crippen MR) is 132 cm³/mol. The van der Waals surface area contributed by atoms with Crippen LogP contribution < -0.4 is 5.32 Å². The van der Waals surface area contributed by atoms with E-state index >= 15 is 0 Å². The zero-order chi connectivity index (χ0) is 26.0. The lowest BCUT2D eigenvalue weighted by Crippen LogP contribution is -2.14. The number of non-ortho nitro benzene ring substituents is 2. The summed E-state index contributed by atoms with van der Waals surface area (Å²) in [5.41, 5.74) is 1.19. The second kappa shape index (κ2) is 9.68. The molecule has 4 aromatic rings. The van der Waals surface area contributed by atoms with Crippen LogP contribution in [0.1, 0.15) is 15.9 Å². The van der Waals surface area contributed by atoms with Crippen molar-refractivity contribution in [2.45, 2.75) is 6.92 Å². The van der Waals surface area contributed by atoms with Crippen molar-refractivity contribution in [2.24, 2.45) is 0 Å². The fraction of sp³-hybridized carbons (Fsp3) is 0.0435. The Bertz CT molecular complexity index is 1520. The first-order chi connectivity index (χ1) is 17.1. The molecule has 13 heteroatoms. The SMILES string of the molecule is Cc1ccc(-c2nc(NC(=O)c3ccc([N+](=O)[O-])cc3[N+](=O)[O-])sc2-c2ccc([N+](=O)[O-])cc2)cc1. The molecule has 1 N–H and O–H groups in total. The predicted octanol–water partition coefficient (Wildman–Crippen LogP) is 5.76. The van der Waals surface area contributed by atoms with Gasteiger partial charge in [0.15, 0.2) is 5.13 Å². The summed E-state index contributed by atoms with van der Waals surface area (Å²) in [5, 5.41) is 36.1. The lowest BCUT2D eigenvalue weighted by molar-refractivity contribution is -0.394. The van der Waals surface area contributed by atoms with E-state index in [4.69, 9.17) is 0 Å². The molecule has 12 nitrogen and oxygen atoms in total. The quantitative estimate of drug-likeness (QED) is 0.244. The average Bonchev–Trinajstić information content (AvgIpc) is 3.27. The van der Waals surface area contributed by atoms with Gasteiger partial charge in [-0.25, -0.2) is 4.98 Å². The largest absolute Gasteiger partial charge is 0.298 e. The molecule has 0 aliphatic rings. The lowest BCUT2D eigenvalue weighted by Gasteiger charge is -2.03. The Morgan fingerprint density at radius 1 is 0.806 bits per heavy atom.